The third kappa shape index (κ3) is 7.27. The minimum atomic E-state index is -3.30. The summed E-state index contributed by atoms with van der Waals surface area (Å²) in [6.45, 7) is 0. The van der Waals surface area contributed by atoms with Gasteiger partial charge >= 0.3 is 249 Å². The molecule has 0 saturated carbocycles. The summed E-state index contributed by atoms with van der Waals surface area (Å²) in [6.07, 6.45) is 0. The van der Waals surface area contributed by atoms with Crippen LogP contribution >= 0.6 is 8.92 Å². The molecule has 40 heavy (non-hydrogen) atoms. The second kappa shape index (κ2) is 15.2. The summed E-state index contributed by atoms with van der Waals surface area (Å²) < 4.78 is 8.51. The van der Waals surface area contributed by atoms with Gasteiger partial charge in [0.15, 0.2) is 0 Å². The molecule has 0 heterocycles. The van der Waals surface area contributed by atoms with Crippen LogP contribution in [-0.2, 0) is 0 Å². The first-order valence-electron chi connectivity index (χ1n) is 13.3. The zero-order chi connectivity index (χ0) is 26.8. The van der Waals surface area contributed by atoms with Gasteiger partial charge in [0.05, 0.1) is 0 Å². The molecule has 1 nitrogen and oxygen atoms in total. The molecule has 0 aliphatic heterocycles. The Bertz CT molecular complexity index is 1340. The van der Waals surface area contributed by atoms with E-state index < -0.39 is 37.0 Å². The Morgan fingerprint density at radius 1 is 0.325 bits per heavy atom. The van der Waals surface area contributed by atoms with E-state index in [9.17, 15) is 0 Å². The fraction of sp³-hybridized carbons (Fsp3) is 0. The number of hydrogen-bond donors (Lipinski definition) is 0. The Hall–Kier alpha value is -2.83. The molecule has 6 aromatic carbocycles. The van der Waals surface area contributed by atoms with Crippen LogP contribution in [0.4, 0.5) is 0 Å². The summed E-state index contributed by atoms with van der Waals surface area (Å²) in [4.78, 5) is 0. The molecule has 0 aliphatic rings. The molecule has 6 aromatic rings. The first-order valence-corrected chi connectivity index (χ1v) is 26.1. The van der Waals surface area contributed by atoms with Gasteiger partial charge in [0.2, 0.25) is 0 Å². The van der Waals surface area contributed by atoms with Crippen molar-refractivity contribution >= 4 is 67.4 Å². The van der Waals surface area contributed by atoms with E-state index in [0.29, 0.717) is 0 Å². The number of halogens is 1. The quantitative estimate of drug-likeness (QED) is 0.231. The molecule has 0 amide bonds. The van der Waals surface area contributed by atoms with Gasteiger partial charge in [-0.15, -0.1) is 0 Å². The van der Waals surface area contributed by atoms with Gasteiger partial charge in [-0.1, -0.05) is 0 Å². The molecule has 0 spiro atoms. The maximum atomic E-state index is 7.33. The van der Waals surface area contributed by atoms with Crippen LogP contribution in [0, 0.1) is 0 Å². The first kappa shape index (κ1) is 30.1. The van der Waals surface area contributed by atoms with Crippen LogP contribution in [-0.4, -0.2) is 42.5 Å². The van der Waals surface area contributed by atoms with Crippen LogP contribution in [0.15, 0.2) is 182 Å². The molecular formula is C36H33ClOSn2. The molecule has 0 saturated heterocycles. The fourth-order valence-corrected chi connectivity index (χ4v) is 24.5. The Kier molecular flexibility index (Phi) is 11.5. The van der Waals surface area contributed by atoms with E-state index in [-0.39, 0.29) is 5.48 Å². The summed E-state index contributed by atoms with van der Waals surface area (Å²) in [5, 5.41) is 0. The molecule has 0 fully saturated rings. The Morgan fingerprint density at radius 3 is 0.750 bits per heavy atom. The van der Waals surface area contributed by atoms with E-state index >= 15 is 0 Å². The van der Waals surface area contributed by atoms with E-state index in [1.807, 2.05) is 18.2 Å². The average Bonchev–Trinajstić information content (AvgIpc) is 3.04. The molecule has 0 bridgehead atoms. The van der Waals surface area contributed by atoms with Crippen molar-refractivity contribution in [1.82, 2.24) is 0 Å². The van der Waals surface area contributed by atoms with Gasteiger partial charge in [0, 0.05) is 0 Å². The van der Waals surface area contributed by atoms with Crippen molar-refractivity contribution in [2.24, 2.45) is 0 Å². The van der Waals surface area contributed by atoms with E-state index in [4.69, 9.17) is 8.92 Å². The standard InChI is InChI=1S/6C6H5.ClH.H2O.2Sn.H/c6*1-2-4-6-5-3-1;;;;;/h6*1-5H;1H;1H2;;;/q;;;;;;;;;+1;/p-1. The van der Waals surface area contributed by atoms with Crippen molar-refractivity contribution in [3.63, 3.8) is 0 Å². The molecule has 6 rings (SSSR count). The van der Waals surface area contributed by atoms with Gasteiger partial charge in [0.25, 0.3) is 0 Å². The van der Waals surface area contributed by atoms with E-state index in [1.165, 1.54) is 10.7 Å². The molecule has 2 N–H and O–H groups in total. The van der Waals surface area contributed by atoms with Gasteiger partial charge in [-0.25, -0.2) is 0 Å². The summed E-state index contributed by atoms with van der Waals surface area (Å²) in [6, 6.07) is 64.6. The third-order valence-corrected chi connectivity index (χ3v) is 30.0. The molecule has 0 radical (unpaired) electrons. The van der Waals surface area contributed by atoms with Gasteiger partial charge in [-0.2, -0.15) is 0 Å². The van der Waals surface area contributed by atoms with E-state index in [2.05, 4.69) is 164 Å². The van der Waals surface area contributed by atoms with Gasteiger partial charge in [-0.05, 0) is 0 Å². The molecule has 0 unspecified atom stereocenters. The number of rotatable bonds is 6. The number of benzene rings is 6. The molecule has 0 atom stereocenters. The summed E-state index contributed by atoms with van der Waals surface area (Å²) in [7, 11) is 7.33. The SMILES string of the molecule is O.[Cl][Sn]([c]1ccccc1)([c]1ccccc1)[c]1ccccc1.c1cc[c]([SnH]([c]2ccccc2)[c]2ccccc2)cc1. The van der Waals surface area contributed by atoms with Gasteiger partial charge in [-0.3, -0.25) is 0 Å². The second-order valence-electron chi connectivity index (χ2n) is 9.42. The molecule has 0 aromatic heterocycles. The van der Waals surface area contributed by atoms with E-state index in [0.717, 1.165) is 0 Å². The topological polar surface area (TPSA) is 31.5 Å². The van der Waals surface area contributed by atoms with Crippen LogP contribution in [0.5, 0.6) is 0 Å². The van der Waals surface area contributed by atoms with Crippen LogP contribution in [0.2, 0.25) is 0 Å². The van der Waals surface area contributed by atoms with Gasteiger partial charge < -0.3 is 5.48 Å². The zero-order valence-electron chi connectivity index (χ0n) is 22.3. The van der Waals surface area contributed by atoms with Crippen molar-refractivity contribution in [3.8, 4) is 0 Å². The van der Waals surface area contributed by atoms with Crippen LogP contribution in [0.25, 0.3) is 0 Å². The molecular weight excluding hydrogens is 721 g/mol. The predicted octanol–water partition coefficient (Wildman–Crippen LogP) is 4.00. The molecule has 0 aliphatic carbocycles. The normalized spacial score (nSPS) is 10.7. The Morgan fingerprint density at radius 2 is 0.525 bits per heavy atom. The Balaban J connectivity index is 0.000000181. The number of hydrogen-bond acceptors (Lipinski definition) is 0. The first-order chi connectivity index (χ1) is 19.3. The van der Waals surface area contributed by atoms with Crippen molar-refractivity contribution < 1.29 is 5.48 Å². The summed E-state index contributed by atoms with van der Waals surface area (Å²) >= 11 is -5.44. The second-order valence-corrected chi connectivity index (χ2v) is 30.1. The zero-order valence-corrected chi connectivity index (χ0v) is 29.2. The predicted molar refractivity (Wildman–Crippen MR) is 179 cm³/mol. The minimum absolute atomic E-state index is 0. The van der Waals surface area contributed by atoms with Crippen molar-refractivity contribution in [2.75, 3.05) is 0 Å². The fourth-order valence-electron chi connectivity index (χ4n) is 5.02. The van der Waals surface area contributed by atoms with Crippen molar-refractivity contribution in [3.05, 3.63) is 182 Å². The van der Waals surface area contributed by atoms with Crippen LogP contribution in [0.3, 0.4) is 0 Å². The summed E-state index contributed by atoms with van der Waals surface area (Å²) in [5.74, 6) is 0. The molecule has 198 valence electrons. The van der Waals surface area contributed by atoms with Crippen LogP contribution in [0.1, 0.15) is 0 Å². The third-order valence-electron chi connectivity index (χ3n) is 6.91. The van der Waals surface area contributed by atoms with Crippen molar-refractivity contribution in [2.45, 2.75) is 0 Å². The average molecular weight is 755 g/mol. The van der Waals surface area contributed by atoms with E-state index in [1.54, 1.807) is 10.7 Å². The van der Waals surface area contributed by atoms with Crippen LogP contribution < -0.4 is 21.5 Å². The maximum absolute atomic E-state index is 7.33. The van der Waals surface area contributed by atoms with Gasteiger partial charge in [0.1, 0.15) is 0 Å². The summed E-state index contributed by atoms with van der Waals surface area (Å²) in [5.41, 5.74) is 0. The molecule has 4 heteroatoms. The van der Waals surface area contributed by atoms with Crippen molar-refractivity contribution in [1.29, 1.82) is 0 Å². The Labute approximate surface area is 252 Å². The monoisotopic (exact) mass is 756 g/mol.